The molecule has 2 rings (SSSR count). The van der Waals surface area contributed by atoms with E-state index in [1.807, 2.05) is 19.1 Å². The van der Waals surface area contributed by atoms with Crippen molar-refractivity contribution in [3.05, 3.63) is 29.8 Å². The lowest BCUT2D eigenvalue weighted by atomic mass is 10.0. The molecule has 1 aliphatic rings. The van der Waals surface area contributed by atoms with Gasteiger partial charge in [0.25, 0.3) is 0 Å². The molecule has 0 radical (unpaired) electrons. The Morgan fingerprint density at radius 2 is 2.40 bits per heavy atom. The standard InChI is InChI=1S/C12H17NO2/c1-9-8-13-12(2,15-9)7-10-4-3-5-11(14)6-10/h3-6,9,13-14H,7-8H2,1-2H3. The van der Waals surface area contributed by atoms with E-state index in [1.54, 1.807) is 12.1 Å². The maximum Gasteiger partial charge on any atom is 0.120 e. The van der Waals surface area contributed by atoms with E-state index in [0.717, 1.165) is 18.5 Å². The van der Waals surface area contributed by atoms with Crippen LogP contribution in [0.25, 0.3) is 0 Å². The molecular weight excluding hydrogens is 190 g/mol. The Balaban J connectivity index is 2.08. The van der Waals surface area contributed by atoms with Crippen molar-refractivity contribution in [3.63, 3.8) is 0 Å². The fourth-order valence-corrected chi connectivity index (χ4v) is 2.05. The van der Waals surface area contributed by atoms with E-state index < -0.39 is 0 Å². The number of benzene rings is 1. The largest absolute Gasteiger partial charge is 0.508 e. The summed E-state index contributed by atoms with van der Waals surface area (Å²) in [6.45, 7) is 4.98. The second-order valence-electron chi connectivity index (χ2n) is 4.39. The zero-order valence-electron chi connectivity index (χ0n) is 9.16. The van der Waals surface area contributed by atoms with Crippen LogP contribution in [0, 0.1) is 0 Å². The first-order valence-corrected chi connectivity index (χ1v) is 5.28. The average Bonchev–Trinajstić information content (AvgIpc) is 2.45. The van der Waals surface area contributed by atoms with Gasteiger partial charge in [-0.1, -0.05) is 12.1 Å². The van der Waals surface area contributed by atoms with Crippen LogP contribution in [-0.4, -0.2) is 23.5 Å². The predicted molar refractivity (Wildman–Crippen MR) is 58.8 cm³/mol. The molecule has 1 aliphatic heterocycles. The molecule has 0 spiro atoms. The van der Waals surface area contributed by atoms with E-state index in [1.165, 1.54) is 0 Å². The molecule has 15 heavy (non-hydrogen) atoms. The lowest BCUT2D eigenvalue weighted by molar-refractivity contribution is -0.0292. The molecule has 82 valence electrons. The topological polar surface area (TPSA) is 41.5 Å². The van der Waals surface area contributed by atoms with Gasteiger partial charge < -0.3 is 9.84 Å². The van der Waals surface area contributed by atoms with Crippen LogP contribution >= 0.6 is 0 Å². The highest BCUT2D eigenvalue weighted by Crippen LogP contribution is 2.23. The third-order valence-corrected chi connectivity index (χ3v) is 2.68. The SMILES string of the molecule is CC1CNC(C)(Cc2cccc(O)c2)O1. The first kappa shape index (κ1) is 10.5. The summed E-state index contributed by atoms with van der Waals surface area (Å²) in [6, 6.07) is 7.31. The fourth-order valence-electron chi connectivity index (χ4n) is 2.05. The molecule has 1 heterocycles. The highest BCUT2D eigenvalue weighted by molar-refractivity contribution is 5.28. The van der Waals surface area contributed by atoms with E-state index in [4.69, 9.17) is 4.74 Å². The quantitative estimate of drug-likeness (QED) is 0.775. The molecule has 0 aliphatic carbocycles. The Labute approximate surface area is 90.1 Å². The second-order valence-corrected chi connectivity index (χ2v) is 4.39. The number of hydrogen-bond donors (Lipinski definition) is 2. The van der Waals surface area contributed by atoms with Crippen molar-refractivity contribution in [2.24, 2.45) is 0 Å². The third-order valence-electron chi connectivity index (χ3n) is 2.68. The summed E-state index contributed by atoms with van der Waals surface area (Å²) in [6.07, 6.45) is 1.03. The number of nitrogens with one attached hydrogen (secondary N) is 1. The van der Waals surface area contributed by atoms with Crippen LogP contribution in [0.4, 0.5) is 0 Å². The Morgan fingerprint density at radius 3 is 3.00 bits per heavy atom. The third kappa shape index (κ3) is 2.49. The molecule has 0 saturated carbocycles. The van der Waals surface area contributed by atoms with Crippen LogP contribution in [0.15, 0.2) is 24.3 Å². The van der Waals surface area contributed by atoms with Gasteiger partial charge in [0.05, 0.1) is 6.10 Å². The van der Waals surface area contributed by atoms with Crippen LogP contribution in [0.2, 0.25) is 0 Å². The summed E-state index contributed by atoms with van der Waals surface area (Å²) in [5, 5.41) is 12.7. The van der Waals surface area contributed by atoms with Gasteiger partial charge in [-0.2, -0.15) is 0 Å². The number of phenols is 1. The van der Waals surface area contributed by atoms with Crippen molar-refractivity contribution in [3.8, 4) is 5.75 Å². The Hall–Kier alpha value is -1.06. The van der Waals surface area contributed by atoms with Crippen molar-refractivity contribution in [1.29, 1.82) is 0 Å². The average molecular weight is 207 g/mol. The molecule has 1 saturated heterocycles. The maximum absolute atomic E-state index is 9.36. The minimum atomic E-state index is -0.298. The van der Waals surface area contributed by atoms with Crippen molar-refractivity contribution >= 4 is 0 Å². The van der Waals surface area contributed by atoms with Crippen LogP contribution < -0.4 is 5.32 Å². The van der Waals surface area contributed by atoms with Gasteiger partial charge in [0, 0.05) is 13.0 Å². The van der Waals surface area contributed by atoms with Crippen molar-refractivity contribution in [2.75, 3.05) is 6.54 Å². The first-order valence-electron chi connectivity index (χ1n) is 5.28. The Morgan fingerprint density at radius 1 is 1.60 bits per heavy atom. The van der Waals surface area contributed by atoms with Crippen molar-refractivity contribution in [1.82, 2.24) is 5.32 Å². The highest BCUT2D eigenvalue weighted by atomic mass is 16.5. The van der Waals surface area contributed by atoms with E-state index in [2.05, 4.69) is 12.2 Å². The van der Waals surface area contributed by atoms with Gasteiger partial charge in [0.2, 0.25) is 0 Å². The molecular formula is C12H17NO2. The van der Waals surface area contributed by atoms with Gasteiger partial charge in [0.15, 0.2) is 0 Å². The van der Waals surface area contributed by atoms with E-state index in [0.29, 0.717) is 5.75 Å². The summed E-state index contributed by atoms with van der Waals surface area (Å²) in [4.78, 5) is 0. The molecule has 0 aromatic heterocycles. The smallest absolute Gasteiger partial charge is 0.120 e. The first-order chi connectivity index (χ1) is 7.07. The highest BCUT2D eigenvalue weighted by Gasteiger charge is 2.33. The van der Waals surface area contributed by atoms with Gasteiger partial charge in [-0.25, -0.2) is 0 Å². The lowest BCUT2D eigenvalue weighted by Crippen LogP contribution is -2.39. The van der Waals surface area contributed by atoms with Gasteiger partial charge in [0.1, 0.15) is 11.5 Å². The number of rotatable bonds is 2. The fraction of sp³-hybridized carbons (Fsp3) is 0.500. The molecule has 0 amide bonds. The molecule has 1 fully saturated rings. The van der Waals surface area contributed by atoms with Crippen LogP contribution in [0.3, 0.4) is 0 Å². The summed E-state index contributed by atoms with van der Waals surface area (Å²) in [5.41, 5.74) is 0.784. The number of aromatic hydroxyl groups is 1. The second kappa shape index (κ2) is 3.83. The molecule has 2 unspecified atom stereocenters. The molecule has 3 nitrogen and oxygen atoms in total. The number of phenolic OH excluding ortho intramolecular Hbond substituents is 1. The summed E-state index contributed by atoms with van der Waals surface area (Å²) < 4.78 is 5.80. The number of ether oxygens (including phenoxy) is 1. The number of hydrogen-bond acceptors (Lipinski definition) is 3. The van der Waals surface area contributed by atoms with Crippen LogP contribution in [0.1, 0.15) is 19.4 Å². The molecule has 3 heteroatoms. The normalized spacial score (nSPS) is 30.7. The minimum absolute atomic E-state index is 0.257. The predicted octanol–water partition coefficient (Wildman–Crippen LogP) is 1.66. The van der Waals surface area contributed by atoms with E-state index in [9.17, 15) is 5.11 Å². The zero-order valence-corrected chi connectivity index (χ0v) is 9.16. The molecule has 2 N–H and O–H groups in total. The minimum Gasteiger partial charge on any atom is -0.508 e. The van der Waals surface area contributed by atoms with E-state index >= 15 is 0 Å². The Kier molecular flexibility index (Phi) is 2.67. The van der Waals surface area contributed by atoms with Crippen molar-refractivity contribution in [2.45, 2.75) is 32.1 Å². The van der Waals surface area contributed by atoms with Crippen molar-refractivity contribution < 1.29 is 9.84 Å². The monoisotopic (exact) mass is 207 g/mol. The van der Waals surface area contributed by atoms with Gasteiger partial charge in [-0.15, -0.1) is 0 Å². The van der Waals surface area contributed by atoms with Gasteiger partial charge in [-0.3, -0.25) is 5.32 Å². The molecule has 1 aromatic rings. The molecule has 0 bridgehead atoms. The summed E-state index contributed by atoms with van der Waals surface area (Å²) in [5.74, 6) is 0.308. The van der Waals surface area contributed by atoms with E-state index in [-0.39, 0.29) is 11.8 Å². The molecule has 2 atom stereocenters. The van der Waals surface area contributed by atoms with Gasteiger partial charge in [-0.05, 0) is 31.5 Å². The zero-order chi connectivity index (χ0) is 10.9. The maximum atomic E-state index is 9.36. The Bertz CT molecular complexity index is 353. The lowest BCUT2D eigenvalue weighted by Gasteiger charge is -2.24. The summed E-state index contributed by atoms with van der Waals surface area (Å²) >= 11 is 0. The van der Waals surface area contributed by atoms with Crippen LogP contribution in [0.5, 0.6) is 5.75 Å². The van der Waals surface area contributed by atoms with Crippen LogP contribution in [-0.2, 0) is 11.2 Å². The summed E-state index contributed by atoms with van der Waals surface area (Å²) in [7, 11) is 0. The molecule has 1 aromatic carbocycles. The van der Waals surface area contributed by atoms with Gasteiger partial charge >= 0.3 is 0 Å².